The second-order valence-electron chi connectivity index (χ2n) is 5.19. The number of nitrogens with one attached hydrogen (secondary N) is 1. The molecule has 1 heteroatoms. The van der Waals surface area contributed by atoms with Gasteiger partial charge >= 0.3 is 0 Å². The summed E-state index contributed by atoms with van der Waals surface area (Å²) >= 11 is 0. The Kier molecular flexibility index (Phi) is 5.62. The van der Waals surface area contributed by atoms with Crippen LogP contribution >= 0.6 is 0 Å². The third-order valence-electron chi connectivity index (χ3n) is 3.18. The summed E-state index contributed by atoms with van der Waals surface area (Å²) < 4.78 is 0. The van der Waals surface area contributed by atoms with E-state index in [4.69, 9.17) is 0 Å². The maximum atomic E-state index is 3.63. The van der Waals surface area contributed by atoms with Crippen molar-refractivity contribution < 1.29 is 0 Å². The Bertz CT molecular complexity index is 120. The van der Waals surface area contributed by atoms with Gasteiger partial charge in [-0.1, -0.05) is 41.5 Å². The molecular weight excluding hydrogens is 158 g/mol. The maximum Gasteiger partial charge on any atom is 0.00619 e. The third kappa shape index (κ3) is 5.30. The molecule has 0 spiro atoms. The van der Waals surface area contributed by atoms with Crippen LogP contribution in [0.25, 0.3) is 0 Å². The predicted molar refractivity (Wildman–Crippen MR) is 61.0 cm³/mol. The van der Waals surface area contributed by atoms with Gasteiger partial charge in [0, 0.05) is 6.04 Å². The lowest BCUT2D eigenvalue weighted by Crippen LogP contribution is -2.35. The Hall–Kier alpha value is -0.0400. The summed E-state index contributed by atoms with van der Waals surface area (Å²) in [7, 11) is 0. The second-order valence-corrected chi connectivity index (χ2v) is 5.19. The minimum Gasteiger partial charge on any atom is -0.314 e. The van der Waals surface area contributed by atoms with Crippen LogP contribution in [0.15, 0.2) is 0 Å². The molecule has 0 rings (SSSR count). The van der Waals surface area contributed by atoms with Crippen molar-refractivity contribution in [2.75, 3.05) is 6.54 Å². The van der Waals surface area contributed by atoms with Crippen LogP contribution in [0.3, 0.4) is 0 Å². The van der Waals surface area contributed by atoms with Crippen molar-refractivity contribution in [1.82, 2.24) is 5.32 Å². The Morgan fingerprint density at radius 2 is 1.54 bits per heavy atom. The summed E-state index contributed by atoms with van der Waals surface area (Å²) in [6, 6.07) is 0.713. The van der Waals surface area contributed by atoms with Gasteiger partial charge in [-0.25, -0.2) is 0 Å². The van der Waals surface area contributed by atoms with Gasteiger partial charge in [0.25, 0.3) is 0 Å². The smallest absolute Gasteiger partial charge is 0.00619 e. The van der Waals surface area contributed by atoms with Crippen LogP contribution < -0.4 is 5.32 Å². The summed E-state index contributed by atoms with van der Waals surface area (Å²) in [4.78, 5) is 0. The van der Waals surface area contributed by atoms with E-state index in [-0.39, 0.29) is 0 Å². The molecule has 1 unspecified atom stereocenters. The fraction of sp³-hybridized carbons (Fsp3) is 1.00. The molecule has 0 radical (unpaired) electrons. The fourth-order valence-corrected chi connectivity index (χ4v) is 1.23. The minimum atomic E-state index is 0.430. The van der Waals surface area contributed by atoms with E-state index in [0.717, 1.165) is 12.5 Å². The lowest BCUT2D eigenvalue weighted by Gasteiger charge is -2.29. The van der Waals surface area contributed by atoms with Gasteiger partial charge in [0.05, 0.1) is 0 Å². The molecule has 0 heterocycles. The van der Waals surface area contributed by atoms with E-state index in [1.54, 1.807) is 0 Å². The quantitative estimate of drug-likeness (QED) is 0.692. The summed E-state index contributed by atoms with van der Waals surface area (Å²) in [5.41, 5.74) is 0.430. The van der Waals surface area contributed by atoms with Crippen molar-refractivity contribution in [3.05, 3.63) is 0 Å². The van der Waals surface area contributed by atoms with Gasteiger partial charge in [0.1, 0.15) is 0 Å². The SMILES string of the molecule is CCC(CC)NCC(C)C(C)(C)C. The van der Waals surface area contributed by atoms with Gasteiger partial charge in [-0.2, -0.15) is 0 Å². The molecule has 0 bridgehead atoms. The zero-order valence-corrected chi connectivity index (χ0v) is 10.3. The summed E-state index contributed by atoms with van der Waals surface area (Å²) in [5, 5.41) is 3.63. The van der Waals surface area contributed by atoms with Crippen molar-refractivity contribution in [3.63, 3.8) is 0 Å². The fourth-order valence-electron chi connectivity index (χ4n) is 1.23. The first-order valence-electron chi connectivity index (χ1n) is 5.65. The molecule has 1 nitrogen and oxygen atoms in total. The molecule has 0 fully saturated rings. The van der Waals surface area contributed by atoms with E-state index in [9.17, 15) is 0 Å². The highest BCUT2D eigenvalue weighted by atomic mass is 14.9. The van der Waals surface area contributed by atoms with Gasteiger partial charge in [0.15, 0.2) is 0 Å². The Balaban J connectivity index is 3.75. The molecule has 1 N–H and O–H groups in total. The number of hydrogen-bond acceptors (Lipinski definition) is 1. The summed E-state index contributed by atoms with van der Waals surface area (Å²) in [6.45, 7) is 14.9. The molecule has 0 aliphatic heterocycles. The van der Waals surface area contributed by atoms with Crippen LogP contribution in [-0.4, -0.2) is 12.6 Å². The van der Waals surface area contributed by atoms with Crippen LogP contribution in [0.2, 0.25) is 0 Å². The van der Waals surface area contributed by atoms with E-state index >= 15 is 0 Å². The monoisotopic (exact) mass is 185 g/mol. The van der Waals surface area contributed by atoms with Gasteiger partial charge in [-0.05, 0) is 30.7 Å². The lowest BCUT2D eigenvalue weighted by molar-refractivity contribution is 0.243. The highest BCUT2D eigenvalue weighted by Gasteiger charge is 2.19. The maximum absolute atomic E-state index is 3.63. The minimum absolute atomic E-state index is 0.430. The van der Waals surface area contributed by atoms with Crippen LogP contribution in [-0.2, 0) is 0 Å². The van der Waals surface area contributed by atoms with Crippen molar-refractivity contribution in [2.45, 2.75) is 60.4 Å². The van der Waals surface area contributed by atoms with Crippen LogP contribution in [0.1, 0.15) is 54.4 Å². The van der Waals surface area contributed by atoms with Crippen molar-refractivity contribution in [1.29, 1.82) is 0 Å². The zero-order valence-electron chi connectivity index (χ0n) is 10.3. The molecule has 0 amide bonds. The summed E-state index contributed by atoms with van der Waals surface area (Å²) in [6.07, 6.45) is 2.49. The van der Waals surface area contributed by atoms with Crippen LogP contribution in [0.5, 0.6) is 0 Å². The van der Waals surface area contributed by atoms with E-state index in [0.29, 0.717) is 11.5 Å². The van der Waals surface area contributed by atoms with Gasteiger partial charge < -0.3 is 5.32 Å². The molecule has 0 aromatic carbocycles. The van der Waals surface area contributed by atoms with E-state index < -0.39 is 0 Å². The number of hydrogen-bond donors (Lipinski definition) is 1. The number of rotatable bonds is 5. The molecule has 0 aliphatic carbocycles. The zero-order chi connectivity index (χ0) is 10.5. The topological polar surface area (TPSA) is 12.0 Å². The first kappa shape index (κ1) is 13.0. The lowest BCUT2D eigenvalue weighted by atomic mass is 9.82. The first-order chi connectivity index (χ1) is 5.91. The molecular formula is C12H27N. The Labute approximate surface area is 84.3 Å². The second kappa shape index (κ2) is 5.64. The molecule has 13 heavy (non-hydrogen) atoms. The van der Waals surface area contributed by atoms with Crippen LogP contribution in [0, 0.1) is 11.3 Å². The van der Waals surface area contributed by atoms with Crippen LogP contribution in [0.4, 0.5) is 0 Å². The molecule has 0 saturated heterocycles. The molecule has 0 aliphatic rings. The summed E-state index contributed by atoms with van der Waals surface area (Å²) in [5.74, 6) is 0.744. The van der Waals surface area contributed by atoms with E-state index in [1.807, 2.05) is 0 Å². The first-order valence-corrected chi connectivity index (χ1v) is 5.65. The average Bonchev–Trinajstić information content (AvgIpc) is 2.04. The van der Waals surface area contributed by atoms with Crippen molar-refractivity contribution in [3.8, 4) is 0 Å². The largest absolute Gasteiger partial charge is 0.314 e. The molecule has 80 valence electrons. The average molecular weight is 185 g/mol. The predicted octanol–water partition coefficient (Wildman–Crippen LogP) is 3.45. The van der Waals surface area contributed by atoms with Crippen molar-refractivity contribution >= 4 is 0 Å². The standard InChI is InChI=1S/C12H27N/c1-7-11(8-2)13-9-10(3)12(4,5)6/h10-11,13H,7-9H2,1-6H3. The van der Waals surface area contributed by atoms with E-state index in [1.165, 1.54) is 12.8 Å². The normalized spacial score (nSPS) is 15.0. The molecule has 0 aromatic rings. The molecule has 1 atom stereocenters. The van der Waals surface area contributed by atoms with Crippen molar-refractivity contribution in [2.24, 2.45) is 11.3 Å². The van der Waals surface area contributed by atoms with Gasteiger partial charge in [-0.15, -0.1) is 0 Å². The Morgan fingerprint density at radius 1 is 1.08 bits per heavy atom. The highest BCUT2D eigenvalue weighted by Crippen LogP contribution is 2.24. The molecule has 0 saturated carbocycles. The van der Waals surface area contributed by atoms with Gasteiger partial charge in [-0.3, -0.25) is 0 Å². The highest BCUT2D eigenvalue weighted by molar-refractivity contribution is 4.74. The third-order valence-corrected chi connectivity index (χ3v) is 3.18. The molecule has 0 aromatic heterocycles. The Morgan fingerprint density at radius 3 is 1.85 bits per heavy atom. The van der Waals surface area contributed by atoms with E-state index in [2.05, 4.69) is 46.9 Å². The van der Waals surface area contributed by atoms with Gasteiger partial charge in [0.2, 0.25) is 0 Å².